The van der Waals surface area contributed by atoms with Crippen LogP contribution in [0.15, 0.2) is 41.0 Å². The predicted molar refractivity (Wildman–Crippen MR) is 148 cm³/mol. The number of likely N-dealkylation sites (tertiary alicyclic amines) is 1. The van der Waals surface area contributed by atoms with Crippen LogP contribution in [0.5, 0.6) is 0 Å². The van der Waals surface area contributed by atoms with E-state index in [1.165, 1.54) is 0 Å². The monoisotopic (exact) mass is 538 g/mol. The molecule has 1 heterocycles. The number of para-hydroxylation sites is 2. The van der Waals surface area contributed by atoms with Gasteiger partial charge in [0, 0.05) is 30.1 Å². The van der Waals surface area contributed by atoms with Crippen LogP contribution in [0.4, 0.5) is 17.1 Å². The van der Waals surface area contributed by atoms with E-state index in [2.05, 4.69) is 26.7 Å². The number of anilines is 3. The van der Waals surface area contributed by atoms with E-state index in [1.807, 2.05) is 32.2 Å². The van der Waals surface area contributed by atoms with Gasteiger partial charge in [0.15, 0.2) is 0 Å². The van der Waals surface area contributed by atoms with Gasteiger partial charge in [0.25, 0.3) is 0 Å². The van der Waals surface area contributed by atoms with Crippen molar-refractivity contribution in [1.82, 2.24) is 4.90 Å². The molecule has 2 aromatic carbocycles. The quantitative estimate of drug-likeness (QED) is 0.234. The predicted octanol–water partition coefficient (Wildman–Crippen LogP) is 7.02. The molecule has 2 aromatic rings. The summed E-state index contributed by atoms with van der Waals surface area (Å²) >= 11 is 14.0. The summed E-state index contributed by atoms with van der Waals surface area (Å²) in [4.78, 5) is 27.9. The van der Waals surface area contributed by atoms with E-state index in [0.717, 1.165) is 50.0 Å². The summed E-state index contributed by atoms with van der Waals surface area (Å²) < 4.78 is 2.88. The van der Waals surface area contributed by atoms with Crippen molar-refractivity contribution in [3.63, 3.8) is 0 Å². The molecule has 1 aliphatic rings. The molecular formula is C25H32Cl2N4O3S. The third-order valence-electron chi connectivity index (χ3n) is 6.60. The Kier molecular flexibility index (Phi) is 9.69. The lowest BCUT2D eigenvalue weighted by molar-refractivity contribution is -0.139. The molecule has 1 atom stereocenters. The zero-order valence-electron chi connectivity index (χ0n) is 20.3. The maximum absolute atomic E-state index is 12.2. The first-order valence-corrected chi connectivity index (χ1v) is 13.2. The van der Waals surface area contributed by atoms with Crippen LogP contribution in [0.3, 0.4) is 0 Å². The summed E-state index contributed by atoms with van der Waals surface area (Å²) in [6.45, 7) is 4.32. The van der Waals surface area contributed by atoms with Crippen molar-refractivity contribution in [2.75, 3.05) is 43.9 Å². The van der Waals surface area contributed by atoms with Gasteiger partial charge in [-0.15, -0.1) is 4.91 Å². The number of carboxylic acids is 1. The number of hydrogen-bond donors (Lipinski definition) is 2. The Morgan fingerprint density at radius 3 is 2.40 bits per heavy atom. The molecule has 0 radical (unpaired) electrons. The number of nitrogens with one attached hydrogen (secondary N) is 1. The lowest BCUT2D eigenvalue weighted by atomic mass is 9.91. The van der Waals surface area contributed by atoms with E-state index in [4.69, 9.17) is 23.2 Å². The molecule has 2 N–H and O–H groups in total. The number of halogens is 2. The minimum absolute atomic E-state index is 0.325. The summed E-state index contributed by atoms with van der Waals surface area (Å²) in [5.74, 6) is -1.58. The van der Waals surface area contributed by atoms with Gasteiger partial charge in [-0.1, -0.05) is 54.7 Å². The van der Waals surface area contributed by atoms with E-state index >= 15 is 0 Å². The van der Waals surface area contributed by atoms with Crippen LogP contribution in [0.2, 0.25) is 10.0 Å². The third kappa shape index (κ3) is 6.61. The van der Waals surface area contributed by atoms with Gasteiger partial charge >= 0.3 is 5.97 Å². The van der Waals surface area contributed by atoms with Crippen LogP contribution in [0.25, 0.3) is 0 Å². The molecule has 0 bridgehead atoms. The SMILES string of the molecule is CCCC(C(=O)O)c1cccc(N(C)CC2(SN=O)CCN(C)CC2)c1Nc1c(Cl)cccc1Cl. The first-order valence-electron chi connectivity index (χ1n) is 11.7. The number of carbonyl (C=O) groups is 1. The topological polar surface area (TPSA) is 85.2 Å². The second-order valence-electron chi connectivity index (χ2n) is 9.15. The average molecular weight is 540 g/mol. The third-order valence-corrected chi connectivity index (χ3v) is 8.23. The fraction of sp³-hybridized carbons (Fsp3) is 0.480. The summed E-state index contributed by atoms with van der Waals surface area (Å²) in [6.07, 6.45) is 2.88. The smallest absolute Gasteiger partial charge is 0.311 e. The largest absolute Gasteiger partial charge is 0.481 e. The number of benzene rings is 2. The molecule has 7 nitrogen and oxygen atoms in total. The summed E-state index contributed by atoms with van der Waals surface area (Å²) in [7, 11) is 4.03. The highest BCUT2D eigenvalue weighted by atomic mass is 35.5. The molecule has 35 heavy (non-hydrogen) atoms. The summed E-state index contributed by atoms with van der Waals surface area (Å²) in [5, 5.41) is 14.3. The normalized spacial score (nSPS) is 16.5. The molecule has 0 aliphatic carbocycles. The molecule has 3 rings (SSSR count). The molecule has 0 saturated carbocycles. The van der Waals surface area contributed by atoms with Gasteiger partial charge in [-0.2, -0.15) is 0 Å². The molecule has 190 valence electrons. The second kappa shape index (κ2) is 12.3. The van der Waals surface area contributed by atoms with Gasteiger partial charge in [0.05, 0.1) is 37.8 Å². The lowest BCUT2D eigenvalue weighted by Crippen LogP contribution is -2.47. The minimum Gasteiger partial charge on any atom is -0.481 e. The fourth-order valence-corrected chi connectivity index (χ4v) is 5.91. The number of nitroso groups, excluding NO2 is 1. The van der Waals surface area contributed by atoms with Crippen LogP contribution < -0.4 is 10.2 Å². The van der Waals surface area contributed by atoms with E-state index < -0.39 is 11.9 Å². The standard InChI is InChI=1S/C25H32Cl2N4O3S/c1-4-7-18(24(32)33)17-8-5-11-21(22(17)28-23-19(26)9-6-10-20(23)27)31(3)16-25(35-29-34)12-14-30(2)15-13-25/h5-6,8-11,18,28H,4,7,12-16H2,1-3H3,(H,32,33). The van der Waals surface area contributed by atoms with E-state index in [-0.39, 0.29) is 4.75 Å². The highest BCUT2D eigenvalue weighted by Gasteiger charge is 2.37. The van der Waals surface area contributed by atoms with E-state index in [1.54, 1.807) is 18.2 Å². The highest BCUT2D eigenvalue weighted by Crippen LogP contribution is 2.43. The maximum atomic E-state index is 12.2. The van der Waals surface area contributed by atoms with Crippen LogP contribution in [0.1, 0.15) is 44.1 Å². The van der Waals surface area contributed by atoms with Gasteiger partial charge in [-0.25, -0.2) is 0 Å². The number of aliphatic carboxylic acids is 1. The average Bonchev–Trinajstić information content (AvgIpc) is 2.82. The van der Waals surface area contributed by atoms with Gasteiger partial charge in [0.2, 0.25) is 0 Å². The number of rotatable bonds is 11. The number of carboxylic acid groups (broad SMARTS) is 1. The van der Waals surface area contributed by atoms with Crippen molar-refractivity contribution >= 4 is 58.2 Å². The van der Waals surface area contributed by atoms with Crippen molar-refractivity contribution < 1.29 is 9.90 Å². The van der Waals surface area contributed by atoms with Crippen molar-refractivity contribution in [2.24, 2.45) is 4.58 Å². The van der Waals surface area contributed by atoms with Crippen molar-refractivity contribution in [3.05, 3.63) is 56.9 Å². The van der Waals surface area contributed by atoms with Gasteiger partial charge < -0.3 is 20.2 Å². The summed E-state index contributed by atoms with van der Waals surface area (Å²) in [5.41, 5.74) is 2.65. The van der Waals surface area contributed by atoms with Crippen LogP contribution in [0, 0.1) is 4.91 Å². The number of nitrogens with zero attached hydrogens (tertiary/aromatic N) is 3. The van der Waals surface area contributed by atoms with Crippen molar-refractivity contribution in [1.29, 1.82) is 0 Å². The fourth-order valence-electron chi connectivity index (χ4n) is 4.65. The maximum Gasteiger partial charge on any atom is 0.311 e. The van der Waals surface area contributed by atoms with E-state index in [9.17, 15) is 14.8 Å². The summed E-state index contributed by atoms with van der Waals surface area (Å²) in [6, 6.07) is 10.9. The first kappa shape index (κ1) is 27.6. The van der Waals surface area contributed by atoms with Crippen LogP contribution in [-0.4, -0.2) is 54.5 Å². The molecule has 1 aliphatic heterocycles. The lowest BCUT2D eigenvalue weighted by Gasteiger charge is -2.41. The van der Waals surface area contributed by atoms with Crippen molar-refractivity contribution in [2.45, 2.75) is 43.3 Å². The Morgan fingerprint density at radius 1 is 1.20 bits per heavy atom. The zero-order valence-corrected chi connectivity index (χ0v) is 22.6. The first-order chi connectivity index (χ1) is 16.7. The van der Waals surface area contributed by atoms with Gasteiger partial charge in [-0.3, -0.25) is 4.79 Å². The van der Waals surface area contributed by atoms with E-state index in [0.29, 0.717) is 39.9 Å². The molecule has 0 spiro atoms. The second-order valence-corrected chi connectivity index (χ2v) is 11.2. The van der Waals surface area contributed by atoms with Gasteiger partial charge in [-0.05, 0) is 63.2 Å². The highest BCUT2D eigenvalue weighted by molar-refractivity contribution is 7.99. The molecule has 0 aromatic heterocycles. The Labute approximate surface area is 221 Å². The number of hydrogen-bond acceptors (Lipinski definition) is 7. The van der Waals surface area contributed by atoms with Crippen LogP contribution >= 0.6 is 35.1 Å². The molecule has 0 amide bonds. The Hall–Kier alpha value is -2.00. The molecule has 1 unspecified atom stereocenters. The zero-order chi connectivity index (χ0) is 25.6. The van der Waals surface area contributed by atoms with Crippen molar-refractivity contribution in [3.8, 4) is 0 Å². The Balaban J connectivity index is 2.08. The number of piperidine rings is 1. The molecule has 10 heteroatoms. The molecule has 1 saturated heterocycles. The van der Waals surface area contributed by atoms with Gasteiger partial charge in [0.1, 0.15) is 0 Å². The Bertz CT molecular complexity index is 1030. The Morgan fingerprint density at radius 2 is 1.83 bits per heavy atom. The minimum atomic E-state index is -0.882. The molecular weight excluding hydrogens is 507 g/mol. The van der Waals surface area contributed by atoms with Crippen LogP contribution in [-0.2, 0) is 4.79 Å². The molecule has 1 fully saturated rings.